The minimum absolute atomic E-state index is 0.249. The fourth-order valence-electron chi connectivity index (χ4n) is 2.01. The SMILES string of the molecule is [2H]c1nn(-c2ccc(B3OC(C)(C)C(C)(C)O3)cn2)c([2H])c1C([2H])([2H])[2H]. The number of hydrogen-bond acceptors (Lipinski definition) is 4. The lowest BCUT2D eigenvalue weighted by atomic mass is 9.80. The fraction of sp³-hybridized carbons (Fsp3) is 0.467. The van der Waals surface area contributed by atoms with E-state index >= 15 is 0 Å². The van der Waals surface area contributed by atoms with Gasteiger partial charge in [-0.1, -0.05) is 6.07 Å². The van der Waals surface area contributed by atoms with Crippen molar-refractivity contribution in [2.75, 3.05) is 0 Å². The average Bonchev–Trinajstić information content (AvgIpc) is 2.91. The van der Waals surface area contributed by atoms with Crippen molar-refractivity contribution in [3.8, 4) is 5.82 Å². The molecular weight excluding hydrogens is 265 g/mol. The average molecular weight is 290 g/mol. The van der Waals surface area contributed by atoms with Gasteiger partial charge in [0.05, 0.1) is 20.1 Å². The van der Waals surface area contributed by atoms with Crippen LogP contribution in [0, 0.1) is 6.85 Å². The van der Waals surface area contributed by atoms with Crippen LogP contribution in [-0.4, -0.2) is 33.1 Å². The van der Waals surface area contributed by atoms with E-state index < -0.39 is 36.9 Å². The molecule has 0 aliphatic carbocycles. The Morgan fingerprint density at radius 2 is 1.95 bits per heavy atom. The van der Waals surface area contributed by atoms with Gasteiger partial charge in [-0.15, -0.1) is 0 Å². The molecule has 6 heteroatoms. The van der Waals surface area contributed by atoms with Crippen LogP contribution in [0.5, 0.6) is 0 Å². The highest BCUT2D eigenvalue weighted by Gasteiger charge is 2.51. The predicted octanol–water partition coefficient (Wildman–Crippen LogP) is 1.87. The summed E-state index contributed by atoms with van der Waals surface area (Å²) in [6.45, 7) is 5.25. The molecule has 3 rings (SSSR count). The molecule has 0 saturated carbocycles. The summed E-state index contributed by atoms with van der Waals surface area (Å²) < 4.78 is 51.0. The molecule has 0 N–H and O–H groups in total. The molecule has 110 valence electrons. The largest absolute Gasteiger partial charge is 0.496 e. The van der Waals surface area contributed by atoms with Gasteiger partial charge in [-0.2, -0.15) is 5.10 Å². The minimum Gasteiger partial charge on any atom is -0.399 e. The van der Waals surface area contributed by atoms with Crippen LogP contribution in [0.3, 0.4) is 0 Å². The molecule has 0 atom stereocenters. The Balaban J connectivity index is 1.90. The number of hydrogen-bond donors (Lipinski definition) is 0. The highest BCUT2D eigenvalue weighted by Crippen LogP contribution is 2.36. The van der Waals surface area contributed by atoms with Gasteiger partial charge in [0.2, 0.25) is 0 Å². The van der Waals surface area contributed by atoms with E-state index in [1.807, 2.05) is 27.7 Å². The number of nitrogens with zero attached hydrogens (tertiary/aromatic N) is 3. The van der Waals surface area contributed by atoms with Crippen LogP contribution >= 0.6 is 0 Å². The first-order valence-electron chi connectivity index (χ1n) is 9.22. The molecule has 0 amide bonds. The van der Waals surface area contributed by atoms with Gasteiger partial charge in [-0.05, 0) is 46.2 Å². The van der Waals surface area contributed by atoms with Crippen LogP contribution in [-0.2, 0) is 9.31 Å². The van der Waals surface area contributed by atoms with Gasteiger partial charge in [-0.25, -0.2) is 9.67 Å². The number of rotatable bonds is 2. The van der Waals surface area contributed by atoms with Crippen LogP contribution in [0.2, 0.25) is 0 Å². The number of pyridine rings is 1. The van der Waals surface area contributed by atoms with Gasteiger partial charge >= 0.3 is 7.12 Å². The predicted molar refractivity (Wildman–Crippen MR) is 81.8 cm³/mol. The van der Waals surface area contributed by atoms with Crippen molar-refractivity contribution in [3.05, 3.63) is 36.2 Å². The van der Waals surface area contributed by atoms with E-state index in [-0.39, 0.29) is 12.0 Å². The Morgan fingerprint density at radius 1 is 1.24 bits per heavy atom. The third-order valence-corrected chi connectivity index (χ3v) is 3.99. The van der Waals surface area contributed by atoms with Crippen LogP contribution in [0.15, 0.2) is 30.7 Å². The van der Waals surface area contributed by atoms with E-state index in [4.69, 9.17) is 16.2 Å². The molecular formula is C15H20BN3O2. The van der Waals surface area contributed by atoms with Crippen molar-refractivity contribution in [1.29, 1.82) is 0 Å². The van der Waals surface area contributed by atoms with E-state index in [1.54, 1.807) is 12.1 Å². The first-order valence-corrected chi connectivity index (χ1v) is 6.72. The van der Waals surface area contributed by atoms with Crippen molar-refractivity contribution in [3.63, 3.8) is 0 Å². The zero-order valence-corrected chi connectivity index (χ0v) is 12.5. The van der Waals surface area contributed by atoms with Crippen molar-refractivity contribution in [1.82, 2.24) is 14.8 Å². The third kappa shape index (κ3) is 2.49. The number of aromatic nitrogens is 3. The zero-order chi connectivity index (χ0) is 19.5. The highest BCUT2D eigenvalue weighted by atomic mass is 16.7. The second-order valence-corrected chi connectivity index (χ2v) is 6.05. The maximum absolute atomic E-state index is 8.02. The zero-order valence-electron chi connectivity index (χ0n) is 17.5. The molecule has 0 bridgehead atoms. The molecule has 2 aromatic heterocycles. The van der Waals surface area contributed by atoms with E-state index in [0.717, 1.165) is 4.68 Å². The lowest BCUT2D eigenvalue weighted by Gasteiger charge is -2.32. The summed E-state index contributed by atoms with van der Waals surface area (Å²) in [6.07, 6.45) is 0.717. The van der Waals surface area contributed by atoms with Crippen LogP contribution in [0.25, 0.3) is 5.82 Å². The summed E-state index contributed by atoms with van der Waals surface area (Å²) in [5.74, 6) is 0.249. The molecule has 0 spiro atoms. The van der Waals surface area contributed by atoms with Gasteiger partial charge in [0.1, 0.15) is 0 Å². The lowest BCUT2D eigenvalue weighted by Crippen LogP contribution is -2.41. The van der Waals surface area contributed by atoms with Gasteiger partial charge in [-0.3, -0.25) is 0 Å². The van der Waals surface area contributed by atoms with Crippen LogP contribution in [0.4, 0.5) is 0 Å². The first-order chi connectivity index (χ1) is 11.8. The smallest absolute Gasteiger partial charge is 0.399 e. The maximum atomic E-state index is 8.02. The summed E-state index contributed by atoms with van der Waals surface area (Å²) >= 11 is 0. The van der Waals surface area contributed by atoms with E-state index in [9.17, 15) is 0 Å². The van der Waals surface area contributed by atoms with Crippen molar-refractivity contribution < 1.29 is 16.2 Å². The molecule has 1 fully saturated rings. The lowest BCUT2D eigenvalue weighted by molar-refractivity contribution is 0.00578. The standard InChI is InChI=1S/C15H20BN3O2/c1-11-8-18-19(10-11)13-7-6-12(9-17-13)16-20-14(2,3)15(4,5)21-16/h6-10H,1-5H3/i1D3,8D,10D. The topological polar surface area (TPSA) is 49.2 Å². The summed E-state index contributed by atoms with van der Waals surface area (Å²) in [5.41, 5.74) is -0.634. The molecule has 5 nitrogen and oxygen atoms in total. The van der Waals surface area contributed by atoms with Crippen molar-refractivity contribution in [2.45, 2.75) is 45.7 Å². The highest BCUT2D eigenvalue weighted by molar-refractivity contribution is 6.62. The minimum atomic E-state index is -2.57. The molecule has 3 heterocycles. The molecule has 21 heavy (non-hydrogen) atoms. The van der Waals surface area contributed by atoms with Gasteiger partial charge in [0.15, 0.2) is 5.82 Å². The first kappa shape index (κ1) is 9.38. The molecule has 1 aliphatic heterocycles. The van der Waals surface area contributed by atoms with E-state index in [2.05, 4.69) is 10.1 Å². The van der Waals surface area contributed by atoms with Gasteiger partial charge in [0.25, 0.3) is 0 Å². The maximum Gasteiger partial charge on any atom is 0.496 e. The fourth-order valence-corrected chi connectivity index (χ4v) is 2.01. The molecule has 1 aliphatic rings. The second kappa shape index (κ2) is 4.68. The monoisotopic (exact) mass is 290 g/mol. The van der Waals surface area contributed by atoms with Crippen LogP contribution < -0.4 is 5.46 Å². The Hall–Kier alpha value is -1.66. The molecule has 2 aromatic rings. The van der Waals surface area contributed by atoms with Crippen molar-refractivity contribution in [2.24, 2.45) is 0 Å². The molecule has 0 unspecified atom stereocenters. The van der Waals surface area contributed by atoms with Gasteiger partial charge < -0.3 is 9.31 Å². The third-order valence-electron chi connectivity index (χ3n) is 3.99. The Morgan fingerprint density at radius 3 is 2.48 bits per heavy atom. The quantitative estimate of drug-likeness (QED) is 0.792. The Kier molecular flexibility index (Phi) is 2.09. The second-order valence-electron chi connectivity index (χ2n) is 6.05. The van der Waals surface area contributed by atoms with Gasteiger partial charge in [0, 0.05) is 21.9 Å². The Bertz CT molecular complexity index is 817. The summed E-state index contributed by atoms with van der Waals surface area (Å²) in [4.78, 5) is 4.24. The molecule has 0 aromatic carbocycles. The van der Waals surface area contributed by atoms with E-state index in [0.29, 0.717) is 5.46 Å². The van der Waals surface area contributed by atoms with E-state index in [1.165, 1.54) is 6.20 Å². The Labute approximate surface area is 132 Å². The molecule has 1 saturated heterocycles. The van der Waals surface area contributed by atoms with Crippen LogP contribution in [0.1, 0.15) is 40.1 Å². The summed E-state index contributed by atoms with van der Waals surface area (Å²) in [7, 11) is -0.570. The summed E-state index contributed by atoms with van der Waals surface area (Å²) in [5, 5.41) is 3.83. The normalized spacial score (nSPS) is 24.0. The molecule has 0 radical (unpaired) electrons. The van der Waals surface area contributed by atoms with Crippen molar-refractivity contribution >= 4 is 12.6 Å². The summed E-state index contributed by atoms with van der Waals surface area (Å²) in [6, 6.07) is 3.32.